The van der Waals surface area contributed by atoms with Crippen LogP contribution in [0.4, 0.5) is 0 Å². The van der Waals surface area contributed by atoms with Crippen LogP contribution >= 0.6 is 0 Å². The van der Waals surface area contributed by atoms with Crippen molar-refractivity contribution in [1.82, 2.24) is 0 Å². The van der Waals surface area contributed by atoms with Gasteiger partial charge in [-0.05, 0) is 73.0 Å². The first-order valence-electron chi connectivity index (χ1n) is 11.5. The van der Waals surface area contributed by atoms with Crippen molar-refractivity contribution in [2.24, 2.45) is 46.3 Å². The van der Waals surface area contributed by atoms with Crippen LogP contribution in [0, 0.1) is 46.3 Å². The number of esters is 1. The largest absolute Gasteiger partial charge is 0.462 e. The van der Waals surface area contributed by atoms with Crippen molar-refractivity contribution in [2.75, 3.05) is 0 Å². The molecule has 0 aromatic carbocycles. The molecule has 3 heteroatoms. The van der Waals surface area contributed by atoms with Gasteiger partial charge in [-0.25, -0.2) is 0 Å². The molecule has 0 aromatic heterocycles. The van der Waals surface area contributed by atoms with Crippen molar-refractivity contribution in [3.63, 3.8) is 0 Å². The quantitative estimate of drug-likeness (QED) is 0.361. The van der Waals surface area contributed by atoms with Crippen LogP contribution in [0.25, 0.3) is 0 Å². The highest BCUT2D eigenvalue weighted by atomic mass is 16.5. The summed E-state index contributed by atoms with van der Waals surface area (Å²) in [5.41, 5.74) is 1.82. The van der Waals surface area contributed by atoms with E-state index in [2.05, 4.69) is 26.8 Å². The van der Waals surface area contributed by atoms with Crippen LogP contribution in [-0.2, 0) is 14.3 Å². The van der Waals surface area contributed by atoms with E-state index in [0.717, 1.165) is 25.0 Å². The Morgan fingerprint density at radius 1 is 1.21 bits per heavy atom. The summed E-state index contributed by atoms with van der Waals surface area (Å²) >= 11 is 0. The average molecular weight is 387 g/mol. The smallest absolute Gasteiger partial charge is 0.302 e. The molecule has 9 atom stereocenters. The van der Waals surface area contributed by atoms with Crippen molar-refractivity contribution in [3.8, 4) is 0 Å². The summed E-state index contributed by atoms with van der Waals surface area (Å²) in [7, 11) is 0. The number of fused-ring (bicyclic) bond motifs is 5. The molecule has 0 radical (unpaired) electrons. The molecule has 4 aliphatic carbocycles. The number of hydrogen-bond acceptors (Lipinski definition) is 3. The number of rotatable bonds is 3. The molecule has 4 aliphatic rings. The Hall–Kier alpha value is -1.12. The van der Waals surface area contributed by atoms with E-state index in [1.54, 1.807) is 6.92 Å². The van der Waals surface area contributed by atoms with E-state index < -0.39 is 0 Å². The molecule has 3 fully saturated rings. The van der Waals surface area contributed by atoms with Crippen LogP contribution in [0.3, 0.4) is 0 Å². The van der Waals surface area contributed by atoms with Crippen molar-refractivity contribution in [1.29, 1.82) is 0 Å². The van der Waals surface area contributed by atoms with E-state index in [4.69, 9.17) is 4.74 Å². The van der Waals surface area contributed by atoms with Crippen LogP contribution in [0.2, 0.25) is 0 Å². The molecule has 0 aliphatic heterocycles. The summed E-state index contributed by atoms with van der Waals surface area (Å²) in [6, 6.07) is 0. The van der Waals surface area contributed by atoms with E-state index >= 15 is 0 Å². The number of allylic oxidation sites excluding steroid dienone is 2. The van der Waals surface area contributed by atoms with Gasteiger partial charge in [0.25, 0.3) is 0 Å². The maximum absolute atomic E-state index is 12.0. The zero-order chi connectivity index (χ0) is 20.3. The lowest BCUT2D eigenvalue weighted by atomic mass is 9.43. The Labute approximate surface area is 170 Å². The van der Waals surface area contributed by atoms with Crippen molar-refractivity contribution < 1.29 is 14.3 Å². The van der Waals surface area contributed by atoms with Crippen molar-refractivity contribution in [3.05, 3.63) is 11.6 Å². The van der Waals surface area contributed by atoms with Gasteiger partial charge in [0.05, 0.1) is 0 Å². The summed E-state index contributed by atoms with van der Waals surface area (Å²) in [6.07, 6.45) is 11.9. The number of carbonyl (C=O) groups excluding carboxylic acids is 2. The Morgan fingerprint density at radius 3 is 2.64 bits per heavy atom. The molecule has 0 unspecified atom stereocenters. The second-order valence-corrected chi connectivity index (χ2v) is 11.0. The fourth-order valence-corrected chi connectivity index (χ4v) is 8.13. The number of carbonyl (C=O) groups is 2. The minimum atomic E-state index is -0.129. The average Bonchev–Trinajstić information content (AvgIpc) is 2.99. The SMILES string of the molecule is CC(=O)O[C@@H]1C[C@@H]2C[C@H](C)CC[C@]2(C)[C@H]2CC[C@]3(C)C([C@H](C)C=O)=CC[C@H]3[C@H]12. The Balaban J connectivity index is 1.70. The van der Waals surface area contributed by atoms with E-state index in [9.17, 15) is 9.59 Å². The van der Waals surface area contributed by atoms with Crippen LogP contribution in [-0.4, -0.2) is 18.4 Å². The molecule has 0 heterocycles. The van der Waals surface area contributed by atoms with Gasteiger partial charge in [0.1, 0.15) is 12.4 Å². The zero-order valence-electron chi connectivity index (χ0n) is 18.4. The predicted octanol–water partition coefficient (Wildman–Crippen LogP) is 5.58. The van der Waals surface area contributed by atoms with Crippen LogP contribution in [0.1, 0.15) is 79.6 Å². The van der Waals surface area contributed by atoms with E-state index in [0.29, 0.717) is 29.1 Å². The van der Waals surface area contributed by atoms with Crippen LogP contribution < -0.4 is 0 Å². The van der Waals surface area contributed by atoms with E-state index in [1.807, 2.05) is 6.92 Å². The highest BCUT2D eigenvalue weighted by molar-refractivity contribution is 5.66. The molecule has 0 N–H and O–H groups in total. The fraction of sp³-hybridized carbons (Fsp3) is 0.840. The molecular weight excluding hydrogens is 348 g/mol. The second kappa shape index (κ2) is 6.99. The van der Waals surface area contributed by atoms with Gasteiger partial charge >= 0.3 is 5.97 Å². The van der Waals surface area contributed by atoms with Gasteiger partial charge in [-0.15, -0.1) is 0 Å². The highest BCUT2D eigenvalue weighted by Crippen LogP contribution is 2.67. The van der Waals surface area contributed by atoms with Gasteiger partial charge in [-0.2, -0.15) is 0 Å². The Bertz CT molecular complexity index is 681. The minimum absolute atomic E-state index is 0.00109. The molecule has 28 heavy (non-hydrogen) atoms. The van der Waals surface area contributed by atoms with E-state index in [1.165, 1.54) is 37.7 Å². The van der Waals surface area contributed by atoms with Crippen LogP contribution in [0.15, 0.2) is 11.6 Å². The molecule has 156 valence electrons. The van der Waals surface area contributed by atoms with Gasteiger partial charge in [-0.3, -0.25) is 4.79 Å². The summed E-state index contributed by atoms with van der Waals surface area (Å²) in [5, 5.41) is 0. The molecule has 3 saturated carbocycles. The molecule has 0 saturated heterocycles. The number of aldehydes is 1. The first kappa shape index (κ1) is 20.2. The van der Waals surface area contributed by atoms with Crippen LogP contribution in [0.5, 0.6) is 0 Å². The maximum atomic E-state index is 12.0. The molecule has 3 nitrogen and oxygen atoms in total. The third kappa shape index (κ3) is 2.91. The zero-order valence-corrected chi connectivity index (χ0v) is 18.4. The maximum Gasteiger partial charge on any atom is 0.302 e. The first-order chi connectivity index (χ1) is 13.2. The number of ether oxygens (including phenoxy) is 1. The van der Waals surface area contributed by atoms with Gasteiger partial charge in [0, 0.05) is 18.8 Å². The lowest BCUT2D eigenvalue weighted by Crippen LogP contribution is -2.58. The summed E-state index contributed by atoms with van der Waals surface area (Å²) in [6.45, 7) is 10.9. The van der Waals surface area contributed by atoms with Gasteiger partial charge in [0.15, 0.2) is 0 Å². The van der Waals surface area contributed by atoms with Gasteiger partial charge in [-0.1, -0.05) is 45.8 Å². The van der Waals surface area contributed by atoms with Crippen molar-refractivity contribution >= 4 is 12.3 Å². The monoisotopic (exact) mass is 386 g/mol. The topological polar surface area (TPSA) is 43.4 Å². The second-order valence-electron chi connectivity index (χ2n) is 11.0. The molecule has 0 aromatic rings. The van der Waals surface area contributed by atoms with Gasteiger partial charge < -0.3 is 9.53 Å². The standard InChI is InChI=1S/C25H38O3/c1-15-8-10-24(4)18(12-15)13-22(28-17(3)27)23-20-7-6-19(16(2)14-26)25(20,5)11-9-21(23)24/h6,14-16,18,20-23H,7-13H2,1-5H3/t15-,16-,18+,20+,21+,22-,23+,24+,25-/m1/s1. The summed E-state index contributed by atoms with van der Waals surface area (Å²) < 4.78 is 6.03. The Morgan fingerprint density at radius 2 is 1.96 bits per heavy atom. The molecule has 0 amide bonds. The molecule has 4 rings (SSSR count). The molecule has 0 spiro atoms. The lowest BCUT2D eigenvalue weighted by Gasteiger charge is -2.62. The lowest BCUT2D eigenvalue weighted by molar-refractivity contribution is -0.186. The predicted molar refractivity (Wildman–Crippen MR) is 111 cm³/mol. The van der Waals surface area contributed by atoms with E-state index in [-0.39, 0.29) is 23.4 Å². The Kier molecular flexibility index (Phi) is 5.03. The van der Waals surface area contributed by atoms with Gasteiger partial charge in [0.2, 0.25) is 0 Å². The van der Waals surface area contributed by atoms with Crippen molar-refractivity contribution in [2.45, 2.75) is 85.7 Å². The third-order valence-corrected chi connectivity index (χ3v) is 9.57. The first-order valence-corrected chi connectivity index (χ1v) is 11.5. The minimum Gasteiger partial charge on any atom is -0.462 e. The molecular formula is C25H38O3. The fourth-order valence-electron chi connectivity index (χ4n) is 8.13. The summed E-state index contributed by atoms with van der Waals surface area (Å²) in [4.78, 5) is 23.6. The highest BCUT2D eigenvalue weighted by Gasteiger charge is 2.62. The number of hydrogen-bond donors (Lipinski definition) is 0. The molecule has 0 bridgehead atoms. The third-order valence-electron chi connectivity index (χ3n) is 9.57. The summed E-state index contributed by atoms with van der Waals surface area (Å²) in [5.74, 6) is 2.91. The normalized spacial score (nSPS) is 48.5.